The van der Waals surface area contributed by atoms with E-state index in [-0.39, 0.29) is 38.2 Å². The van der Waals surface area contributed by atoms with Crippen LogP contribution in [0.1, 0.15) is 412 Å². The summed E-state index contributed by atoms with van der Waals surface area (Å²) in [5, 5.41) is 9.79. The Hall–Kier alpha value is -3.53. The second-order valence-electron chi connectivity index (χ2n) is 30.1. The summed E-state index contributed by atoms with van der Waals surface area (Å²) < 4.78 is 23.1. The van der Waals surface area contributed by atoms with Crippen molar-refractivity contribution in [3.63, 3.8) is 0 Å². The minimum atomic E-state index is -1.51. The number of likely N-dealkylation sites (N-methyl/N-ethyl adjacent to an activating group) is 1. The summed E-state index contributed by atoms with van der Waals surface area (Å²) in [6.45, 7) is 4.82. The summed E-state index contributed by atoms with van der Waals surface area (Å²) in [5.41, 5.74) is 0. The topological polar surface area (TPSA) is 108 Å². The number of carboxylic acids is 1. The van der Waals surface area contributed by atoms with Crippen LogP contribution in [-0.4, -0.2) is 87.4 Å². The van der Waals surface area contributed by atoms with Gasteiger partial charge in [0.2, 0.25) is 0 Å². The second kappa shape index (κ2) is 80.2. The number of carbonyl (C=O) groups excluding carboxylic acids is 2. The normalized spacial score (nSPS) is 13.0. The largest absolute Gasteiger partial charge is 0.477 e. The van der Waals surface area contributed by atoms with Crippen molar-refractivity contribution in [3.05, 3.63) is 85.1 Å². The van der Waals surface area contributed by atoms with Crippen LogP contribution in [0.25, 0.3) is 0 Å². The molecule has 0 heterocycles. The molecule has 0 amide bonds. The quantitative estimate of drug-likeness (QED) is 0.0211. The van der Waals surface area contributed by atoms with Gasteiger partial charge in [-0.2, -0.15) is 0 Å². The molecule has 0 aromatic carbocycles. The van der Waals surface area contributed by atoms with E-state index in [4.69, 9.17) is 18.9 Å². The Labute approximate surface area is 614 Å². The van der Waals surface area contributed by atoms with Crippen LogP contribution in [0.4, 0.5) is 0 Å². The van der Waals surface area contributed by atoms with Crippen molar-refractivity contribution in [1.82, 2.24) is 0 Å². The summed E-state index contributed by atoms with van der Waals surface area (Å²) in [5.74, 6) is -1.97. The minimum absolute atomic E-state index is 0.177. The summed E-state index contributed by atoms with van der Waals surface area (Å²) in [6, 6.07) is 0. The fourth-order valence-corrected chi connectivity index (χ4v) is 12.7. The highest BCUT2D eigenvalue weighted by atomic mass is 16.7. The van der Waals surface area contributed by atoms with E-state index in [0.717, 1.165) is 77.0 Å². The van der Waals surface area contributed by atoms with Gasteiger partial charge in [0.25, 0.3) is 6.29 Å². The van der Waals surface area contributed by atoms with Crippen LogP contribution in [0.5, 0.6) is 0 Å². The van der Waals surface area contributed by atoms with E-state index < -0.39 is 18.4 Å². The molecule has 0 aromatic heterocycles. The highest BCUT2D eigenvalue weighted by Crippen LogP contribution is 2.20. The van der Waals surface area contributed by atoms with E-state index in [2.05, 4.69) is 98.9 Å². The van der Waals surface area contributed by atoms with Gasteiger partial charge in [-0.05, 0) is 89.9 Å². The number of rotatable bonds is 80. The monoisotopic (exact) mass is 1390 g/mol. The lowest BCUT2D eigenvalue weighted by Crippen LogP contribution is -2.40. The minimum Gasteiger partial charge on any atom is -0.477 e. The smallest absolute Gasteiger partial charge is 0.361 e. The van der Waals surface area contributed by atoms with Gasteiger partial charge in [-0.15, -0.1) is 0 Å². The van der Waals surface area contributed by atoms with E-state index in [1.54, 1.807) is 0 Å². The van der Waals surface area contributed by atoms with E-state index >= 15 is 0 Å². The van der Waals surface area contributed by atoms with Gasteiger partial charge in [-0.3, -0.25) is 9.59 Å². The molecular weight excluding hydrogens is 1220 g/mol. The predicted octanol–water partition coefficient (Wildman–Crippen LogP) is 27.7. The molecule has 2 unspecified atom stereocenters. The lowest BCUT2D eigenvalue weighted by molar-refractivity contribution is -0.870. The first-order valence-electron chi connectivity index (χ1n) is 42.8. The number of allylic oxidation sites excluding steroid dienone is 14. The van der Waals surface area contributed by atoms with Gasteiger partial charge in [0.05, 0.1) is 34.4 Å². The highest BCUT2D eigenvalue weighted by Gasteiger charge is 2.25. The Morgan fingerprint density at radius 1 is 0.313 bits per heavy atom. The molecule has 9 heteroatoms. The van der Waals surface area contributed by atoms with Crippen LogP contribution < -0.4 is 0 Å². The number of esters is 2. The molecule has 99 heavy (non-hydrogen) atoms. The number of hydrogen-bond acceptors (Lipinski definition) is 7. The number of quaternary nitrogens is 1. The molecule has 0 aromatic rings. The Morgan fingerprint density at radius 2 is 0.576 bits per heavy atom. The third-order valence-corrected chi connectivity index (χ3v) is 19.1. The van der Waals surface area contributed by atoms with Gasteiger partial charge in [0.1, 0.15) is 13.2 Å². The molecule has 576 valence electrons. The Kier molecular flexibility index (Phi) is 77.3. The van der Waals surface area contributed by atoms with Crippen LogP contribution in [0.15, 0.2) is 85.1 Å². The highest BCUT2D eigenvalue weighted by molar-refractivity contribution is 5.71. The maximum absolute atomic E-state index is 13.0. The Morgan fingerprint density at radius 3 is 0.859 bits per heavy atom. The maximum atomic E-state index is 13.0. The fraction of sp³-hybridized carbons (Fsp3) is 0.811. The first kappa shape index (κ1) is 95.5. The number of unbranched alkanes of at least 4 members (excludes halogenated alkanes) is 51. The maximum Gasteiger partial charge on any atom is 0.361 e. The molecule has 0 aliphatic carbocycles. The van der Waals surface area contributed by atoms with E-state index in [0.29, 0.717) is 17.4 Å². The van der Waals surface area contributed by atoms with Crippen molar-refractivity contribution in [3.8, 4) is 0 Å². The SMILES string of the molecule is CC/C=C\C/C=C\C/C=C\C/C=C\C/C=C\CCCCCCCCCCCCCCCCCCCCCCCCCC(=O)OC(COC(=O)CCCCCCCCCCCCCCCCCCCCCCCCC/C=C\C/C=C\CCCCCCC)COC(OCC[N+](C)(C)C)C(=O)O. The summed E-state index contributed by atoms with van der Waals surface area (Å²) in [4.78, 5) is 37.8. The standard InChI is InChI=1S/C90H163NO8/c1-6-8-10-12-14-16-18-20-22-24-26-28-30-32-34-36-38-40-42-43-44-45-47-49-51-53-55-57-59-61-63-65-67-69-71-73-75-77-79-81-88(93)99-86(85-98-90(89(94)95)96-83-82-91(3,4)5)84-97-87(92)80-78-76-74-72-70-68-66-64-62-60-58-56-54-52-50-48-46-41-39-37-35-33-31-29-27-25-23-21-19-17-15-13-11-9-7-2/h8,10,14,16,19-22,25-28,32,34,86,90H,6-7,9,11-13,15,17-18,23-24,29-31,33,35-85H2,1-5H3/p+1/b10-8-,16-14-,21-19-,22-20-,27-25-,28-26-,34-32-. The molecular formula is C90H164NO8+. The summed E-state index contributed by atoms with van der Waals surface area (Å²) >= 11 is 0. The molecule has 0 rings (SSSR count). The number of nitrogens with zero attached hydrogens (tertiary/aromatic N) is 1. The zero-order valence-corrected chi connectivity index (χ0v) is 66.2. The number of carboxylic acid groups (broad SMARTS) is 1. The number of hydrogen-bond donors (Lipinski definition) is 1. The molecule has 0 aliphatic heterocycles. The molecule has 0 bridgehead atoms. The molecule has 0 radical (unpaired) electrons. The van der Waals surface area contributed by atoms with Crippen LogP contribution in [0.3, 0.4) is 0 Å². The van der Waals surface area contributed by atoms with Gasteiger partial charge < -0.3 is 28.5 Å². The first-order chi connectivity index (χ1) is 48.6. The molecule has 9 nitrogen and oxygen atoms in total. The van der Waals surface area contributed by atoms with Crippen LogP contribution in [0.2, 0.25) is 0 Å². The third-order valence-electron chi connectivity index (χ3n) is 19.1. The lowest BCUT2D eigenvalue weighted by atomic mass is 10.0. The molecule has 2 atom stereocenters. The van der Waals surface area contributed by atoms with Gasteiger partial charge in [-0.25, -0.2) is 4.79 Å². The van der Waals surface area contributed by atoms with Crippen molar-refractivity contribution in [2.45, 2.75) is 424 Å². The Bertz CT molecular complexity index is 1910. The first-order valence-corrected chi connectivity index (χ1v) is 42.8. The third kappa shape index (κ3) is 81.6. The average Bonchev–Trinajstić information content (AvgIpc) is 1.14. The summed E-state index contributed by atoms with van der Waals surface area (Å²) in [7, 11) is 6.00. The molecule has 0 aliphatic rings. The van der Waals surface area contributed by atoms with Crippen molar-refractivity contribution >= 4 is 17.9 Å². The molecule has 0 saturated carbocycles. The van der Waals surface area contributed by atoms with Gasteiger partial charge in [0.15, 0.2) is 6.10 Å². The van der Waals surface area contributed by atoms with Crippen molar-refractivity contribution < 1.29 is 42.9 Å². The zero-order valence-electron chi connectivity index (χ0n) is 66.2. The Balaban J connectivity index is 3.94. The van der Waals surface area contributed by atoms with E-state index in [9.17, 15) is 19.5 Å². The molecule has 0 saturated heterocycles. The lowest BCUT2D eigenvalue weighted by Gasteiger charge is -2.25. The van der Waals surface area contributed by atoms with Gasteiger partial charge in [-0.1, -0.05) is 394 Å². The molecule has 1 N–H and O–H groups in total. The zero-order chi connectivity index (χ0) is 71.8. The fourth-order valence-electron chi connectivity index (χ4n) is 12.7. The number of aliphatic carboxylic acids is 1. The number of ether oxygens (including phenoxy) is 4. The molecule has 0 spiro atoms. The van der Waals surface area contributed by atoms with Crippen molar-refractivity contribution in [1.29, 1.82) is 0 Å². The van der Waals surface area contributed by atoms with Crippen LogP contribution in [0, 0.1) is 0 Å². The van der Waals surface area contributed by atoms with E-state index in [1.165, 1.54) is 308 Å². The van der Waals surface area contributed by atoms with E-state index in [1.807, 2.05) is 21.1 Å². The van der Waals surface area contributed by atoms with Gasteiger partial charge in [0, 0.05) is 12.8 Å². The van der Waals surface area contributed by atoms with Crippen molar-refractivity contribution in [2.24, 2.45) is 0 Å². The predicted molar refractivity (Wildman–Crippen MR) is 429 cm³/mol. The second-order valence-corrected chi connectivity index (χ2v) is 30.1. The van der Waals surface area contributed by atoms with Crippen LogP contribution in [-0.2, 0) is 33.3 Å². The molecule has 0 fully saturated rings. The van der Waals surface area contributed by atoms with Crippen LogP contribution >= 0.6 is 0 Å². The summed E-state index contributed by atoms with van der Waals surface area (Å²) in [6.07, 6.45) is 108. The van der Waals surface area contributed by atoms with Gasteiger partial charge >= 0.3 is 17.9 Å². The van der Waals surface area contributed by atoms with Crippen molar-refractivity contribution in [2.75, 3.05) is 47.5 Å². The number of carbonyl (C=O) groups is 3. The average molecular weight is 1390 g/mol.